The first-order chi connectivity index (χ1) is 8.99. The molecule has 1 aromatic rings. The number of hydrogen-bond donors (Lipinski definition) is 1. The maximum atomic E-state index is 12.2. The van der Waals surface area contributed by atoms with E-state index < -0.39 is 32.9 Å². The van der Waals surface area contributed by atoms with E-state index in [0.29, 0.717) is 6.07 Å². The molecule has 0 aromatic heterocycles. The fourth-order valence-corrected chi connectivity index (χ4v) is 2.11. The van der Waals surface area contributed by atoms with E-state index in [1.54, 1.807) is 0 Å². The molecule has 112 valence electrons. The van der Waals surface area contributed by atoms with Gasteiger partial charge in [0.15, 0.2) is 5.75 Å². The fourth-order valence-electron chi connectivity index (χ4n) is 1.07. The van der Waals surface area contributed by atoms with Gasteiger partial charge < -0.3 is 14.0 Å². The summed E-state index contributed by atoms with van der Waals surface area (Å²) in [6.45, 7) is 0. The van der Waals surface area contributed by atoms with E-state index in [0.717, 1.165) is 13.2 Å². The number of ether oxygens (including phenoxy) is 1. The molecule has 0 atom stereocenters. The molecule has 20 heavy (non-hydrogen) atoms. The summed E-state index contributed by atoms with van der Waals surface area (Å²) in [4.78, 5) is 10.8. The van der Waals surface area contributed by atoms with Crippen LogP contribution in [0, 0.1) is 0 Å². The van der Waals surface area contributed by atoms with Crippen LogP contribution in [0.2, 0.25) is 0 Å². The zero-order valence-corrected chi connectivity index (χ0v) is 12.0. The van der Waals surface area contributed by atoms with Gasteiger partial charge in [0, 0.05) is 0 Å². The molecule has 1 rings (SSSR count). The van der Waals surface area contributed by atoms with Crippen LogP contribution in [0.5, 0.6) is 11.5 Å². The summed E-state index contributed by atoms with van der Waals surface area (Å²) in [6.07, 6.45) is 0. The van der Waals surface area contributed by atoms with Gasteiger partial charge in [-0.2, -0.15) is 21.6 Å². The minimum Gasteiger partial charge on any atom is -0.495 e. The highest BCUT2D eigenvalue weighted by Gasteiger charge is 2.49. The third kappa shape index (κ3) is 3.33. The van der Waals surface area contributed by atoms with E-state index in [9.17, 15) is 26.4 Å². The minimum absolute atomic E-state index is 0.197. The number of carbonyl (C=O) groups is 1. The number of rotatable bonds is 4. The molecule has 0 saturated carbocycles. The molecule has 0 bridgehead atoms. The second kappa shape index (κ2) is 5.48. The molecule has 0 saturated heterocycles. The molecule has 1 aromatic carbocycles. The van der Waals surface area contributed by atoms with Crippen molar-refractivity contribution in [2.75, 3.05) is 7.11 Å². The first-order valence-corrected chi connectivity index (χ1v) is 6.81. The third-order valence-corrected chi connectivity index (χ3v) is 3.70. The molecular formula is C9H6BrF3O6S. The van der Waals surface area contributed by atoms with Crippen LogP contribution in [0.25, 0.3) is 0 Å². The van der Waals surface area contributed by atoms with E-state index in [1.165, 1.54) is 0 Å². The van der Waals surface area contributed by atoms with Gasteiger partial charge in [-0.05, 0) is 28.1 Å². The van der Waals surface area contributed by atoms with Crippen LogP contribution >= 0.6 is 15.9 Å². The first kappa shape index (κ1) is 16.6. The van der Waals surface area contributed by atoms with Crippen molar-refractivity contribution in [1.29, 1.82) is 0 Å². The lowest BCUT2D eigenvalue weighted by Gasteiger charge is -2.13. The Balaban J connectivity index is 3.39. The summed E-state index contributed by atoms with van der Waals surface area (Å²) in [5, 5.41) is 8.78. The number of aromatic carboxylic acids is 1. The zero-order chi connectivity index (χ0) is 15.7. The van der Waals surface area contributed by atoms with E-state index >= 15 is 0 Å². The highest BCUT2D eigenvalue weighted by atomic mass is 79.9. The molecule has 0 radical (unpaired) electrons. The standard InChI is InChI=1S/C9H6BrF3O6S/c1-18-5-2-4(8(14)15)3-6(7(5)10)19-20(16,17)9(11,12)13/h2-3H,1H3,(H,14,15). The van der Waals surface area contributed by atoms with Gasteiger partial charge in [-0.25, -0.2) is 4.79 Å². The summed E-state index contributed by atoms with van der Waals surface area (Å²) in [5.74, 6) is -2.54. The molecule has 0 unspecified atom stereocenters. The molecule has 0 amide bonds. The van der Waals surface area contributed by atoms with Crippen LogP contribution in [-0.4, -0.2) is 32.1 Å². The zero-order valence-electron chi connectivity index (χ0n) is 9.56. The Labute approximate surface area is 119 Å². The molecule has 11 heteroatoms. The Morgan fingerprint density at radius 2 is 1.80 bits per heavy atom. The number of methoxy groups -OCH3 is 1. The van der Waals surface area contributed by atoms with E-state index in [-0.39, 0.29) is 10.2 Å². The quantitative estimate of drug-likeness (QED) is 0.638. The minimum atomic E-state index is -5.92. The molecule has 0 aliphatic heterocycles. The Bertz CT molecular complexity index is 640. The summed E-state index contributed by atoms with van der Waals surface area (Å²) in [7, 11) is -4.80. The molecule has 0 heterocycles. The molecule has 0 spiro atoms. The van der Waals surface area contributed by atoms with Crippen molar-refractivity contribution in [3.63, 3.8) is 0 Å². The fraction of sp³-hybridized carbons (Fsp3) is 0.222. The summed E-state index contributed by atoms with van der Waals surface area (Å²) in [5.41, 5.74) is -6.14. The summed E-state index contributed by atoms with van der Waals surface area (Å²) < 4.78 is 66.8. The molecule has 0 fully saturated rings. The van der Waals surface area contributed by atoms with Gasteiger partial charge in [-0.15, -0.1) is 0 Å². The van der Waals surface area contributed by atoms with Crippen LogP contribution in [0.4, 0.5) is 13.2 Å². The highest BCUT2D eigenvalue weighted by Crippen LogP contribution is 2.38. The largest absolute Gasteiger partial charge is 0.534 e. The number of benzene rings is 1. The van der Waals surface area contributed by atoms with Crippen molar-refractivity contribution in [2.24, 2.45) is 0 Å². The van der Waals surface area contributed by atoms with Gasteiger partial charge in [0.1, 0.15) is 10.2 Å². The van der Waals surface area contributed by atoms with Crippen LogP contribution in [-0.2, 0) is 10.1 Å². The second-order valence-electron chi connectivity index (χ2n) is 3.28. The van der Waals surface area contributed by atoms with Gasteiger partial charge in [0.05, 0.1) is 12.7 Å². The Hall–Kier alpha value is -1.49. The van der Waals surface area contributed by atoms with Crippen molar-refractivity contribution in [1.82, 2.24) is 0 Å². The van der Waals surface area contributed by atoms with Gasteiger partial charge >= 0.3 is 21.6 Å². The molecule has 1 N–H and O–H groups in total. The second-order valence-corrected chi connectivity index (χ2v) is 5.61. The van der Waals surface area contributed by atoms with Gasteiger partial charge in [-0.1, -0.05) is 0 Å². The average molecular weight is 379 g/mol. The molecule has 0 aliphatic rings. The van der Waals surface area contributed by atoms with Gasteiger partial charge in [0.2, 0.25) is 0 Å². The normalized spacial score (nSPS) is 12.1. The smallest absolute Gasteiger partial charge is 0.495 e. The highest BCUT2D eigenvalue weighted by molar-refractivity contribution is 9.10. The molecule has 0 aliphatic carbocycles. The van der Waals surface area contributed by atoms with Crippen molar-refractivity contribution < 1.29 is 40.4 Å². The number of hydrogen-bond acceptors (Lipinski definition) is 5. The van der Waals surface area contributed by atoms with Crippen LogP contribution in [0.3, 0.4) is 0 Å². The van der Waals surface area contributed by atoms with Gasteiger partial charge in [-0.3, -0.25) is 0 Å². The van der Waals surface area contributed by atoms with E-state index in [1.807, 2.05) is 0 Å². The molecule has 6 nitrogen and oxygen atoms in total. The SMILES string of the molecule is COc1cc(C(=O)O)cc(OS(=O)(=O)C(F)(F)F)c1Br. The van der Waals surface area contributed by atoms with Crippen LogP contribution in [0.1, 0.15) is 10.4 Å². The average Bonchev–Trinajstić information content (AvgIpc) is 2.29. The Morgan fingerprint density at radius 1 is 1.30 bits per heavy atom. The van der Waals surface area contributed by atoms with Crippen molar-refractivity contribution >= 4 is 32.0 Å². The van der Waals surface area contributed by atoms with Crippen molar-refractivity contribution in [3.05, 3.63) is 22.2 Å². The van der Waals surface area contributed by atoms with E-state index in [4.69, 9.17) is 9.84 Å². The maximum Gasteiger partial charge on any atom is 0.534 e. The van der Waals surface area contributed by atoms with Crippen LogP contribution in [0.15, 0.2) is 16.6 Å². The number of carboxylic acid groups (broad SMARTS) is 1. The lowest BCUT2D eigenvalue weighted by atomic mass is 10.2. The van der Waals surface area contributed by atoms with Crippen molar-refractivity contribution in [3.8, 4) is 11.5 Å². The Kier molecular flexibility index (Phi) is 4.54. The topological polar surface area (TPSA) is 89.9 Å². The lowest BCUT2D eigenvalue weighted by Crippen LogP contribution is -2.28. The lowest BCUT2D eigenvalue weighted by molar-refractivity contribution is -0.0500. The summed E-state index contributed by atoms with van der Waals surface area (Å²) >= 11 is 2.77. The van der Waals surface area contributed by atoms with Crippen LogP contribution < -0.4 is 8.92 Å². The summed E-state index contributed by atoms with van der Waals surface area (Å²) in [6, 6.07) is 1.61. The maximum absolute atomic E-state index is 12.2. The number of carboxylic acids is 1. The number of halogens is 4. The van der Waals surface area contributed by atoms with Gasteiger partial charge in [0.25, 0.3) is 0 Å². The first-order valence-electron chi connectivity index (χ1n) is 4.61. The number of alkyl halides is 3. The van der Waals surface area contributed by atoms with Crippen molar-refractivity contribution in [2.45, 2.75) is 5.51 Å². The Morgan fingerprint density at radius 3 is 2.20 bits per heavy atom. The molecular weight excluding hydrogens is 373 g/mol. The predicted molar refractivity (Wildman–Crippen MR) is 63.3 cm³/mol. The monoisotopic (exact) mass is 378 g/mol. The third-order valence-electron chi connectivity index (χ3n) is 1.96. The predicted octanol–water partition coefficient (Wildman–Crippen LogP) is 2.38. The van der Waals surface area contributed by atoms with E-state index in [2.05, 4.69) is 20.1 Å².